The van der Waals surface area contributed by atoms with Gasteiger partial charge in [0.15, 0.2) is 0 Å². The molecule has 0 aliphatic carbocycles. The number of hydrogen-bond acceptors (Lipinski definition) is 2. The number of halogens is 2. The van der Waals surface area contributed by atoms with Crippen molar-refractivity contribution in [1.29, 1.82) is 0 Å². The molecule has 0 heterocycles. The van der Waals surface area contributed by atoms with Crippen LogP contribution in [0, 0.1) is 6.92 Å². The summed E-state index contributed by atoms with van der Waals surface area (Å²) in [4.78, 5) is 25.7. The Morgan fingerprint density at radius 3 is 2.36 bits per heavy atom. The molecule has 0 unspecified atom stereocenters. The van der Waals surface area contributed by atoms with Crippen LogP contribution in [0.15, 0.2) is 42.5 Å². The zero-order valence-corrected chi connectivity index (χ0v) is 15.7. The zero-order chi connectivity index (χ0) is 18.4. The summed E-state index contributed by atoms with van der Waals surface area (Å²) in [6, 6.07) is 13.0. The molecule has 4 nitrogen and oxygen atoms in total. The van der Waals surface area contributed by atoms with Gasteiger partial charge in [-0.2, -0.15) is 0 Å². The third-order valence-corrected chi connectivity index (χ3v) is 4.37. The molecule has 2 aromatic rings. The summed E-state index contributed by atoms with van der Waals surface area (Å²) in [6.07, 6.45) is 0.989. The molecule has 1 N–H and O–H groups in total. The second-order valence-corrected chi connectivity index (χ2v) is 6.70. The van der Waals surface area contributed by atoms with E-state index >= 15 is 0 Å². The fourth-order valence-electron chi connectivity index (χ4n) is 2.41. The Bertz CT molecular complexity index is 758. The van der Waals surface area contributed by atoms with E-state index in [0.717, 1.165) is 11.1 Å². The number of amides is 2. The third-order valence-electron chi connectivity index (χ3n) is 3.74. The van der Waals surface area contributed by atoms with Crippen molar-refractivity contribution in [2.75, 3.05) is 18.9 Å². The normalized spacial score (nSPS) is 10.4. The predicted octanol–water partition coefficient (Wildman–Crippen LogP) is 4.33. The lowest BCUT2D eigenvalue weighted by molar-refractivity contribution is -0.133. The molecule has 0 radical (unpaired) electrons. The predicted molar refractivity (Wildman–Crippen MR) is 102 cm³/mol. The van der Waals surface area contributed by atoms with Gasteiger partial charge in [0.05, 0.1) is 22.3 Å². The van der Waals surface area contributed by atoms with Crippen LogP contribution in [0.1, 0.15) is 17.5 Å². The van der Waals surface area contributed by atoms with Gasteiger partial charge in [-0.1, -0.05) is 59.1 Å². The van der Waals surface area contributed by atoms with E-state index in [0.29, 0.717) is 28.6 Å². The molecule has 2 rings (SSSR count). The minimum atomic E-state index is -0.346. The topological polar surface area (TPSA) is 49.4 Å². The summed E-state index contributed by atoms with van der Waals surface area (Å²) in [6.45, 7) is 1.95. The minimum absolute atomic E-state index is 0.0613. The van der Waals surface area contributed by atoms with E-state index in [1.807, 2.05) is 25.1 Å². The Balaban J connectivity index is 1.87. The number of nitrogens with one attached hydrogen (secondary N) is 1. The Kier molecular flexibility index (Phi) is 6.85. The number of rotatable bonds is 6. The average molecular weight is 379 g/mol. The van der Waals surface area contributed by atoms with Crippen LogP contribution in [0.5, 0.6) is 0 Å². The first-order valence-corrected chi connectivity index (χ1v) is 8.66. The standard InChI is InChI=1S/C19H20Cl2N2O2/c1-13-5-3-6-14(11-13)9-10-18(25)23(2)12-17(24)22-19-15(20)7-4-8-16(19)21/h3-8,11H,9-10,12H2,1-2H3,(H,22,24). The van der Waals surface area contributed by atoms with Crippen LogP contribution < -0.4 is 5.32 Å². The Hall–Kier alpha value is -2.04. The number of benzene rings is 2. The van der Waals surface area contributed by atoms with E-state index in [9.17, 15) is 9.59 Å². The quantitative estimate of drug-likeness (QED) is 0.812. The first-order valence-electron chi connectivity index (χ1n) is 7.90. The smallest absolute Gasteiger partial charge is 0.244 e. The molecular weight excluding hydrogens is 359 g/mol. The van der Waals surface area contributed by atoms with E-state index in [2.05, 4.69) is 11.4 Å². The van der Waals surface area contributed by atoms with Gasteiger partial charge in [0.25, 0.3) is 0 Å². The maximum absolute atomic E-state index is 12.2. The highest BCUT2D eigenvalue weighted by Gasteiger charge is 2.15. The first kappa shape index (κ1) is 19.3. The lowest BCUT2D eigenvalue weighted by Gasteiger charge is -2.17. The van der Waals surface area contributed by atoms with Crippen LogP contribution in [-0.4, -0.2) is 30.3 Å². The molecule has 0 aromatic heterocycles. The van der Waals surface area contributed by atoms with Gasteiger partial charge < -0.3 is 10.2 Å². The lowest BCUT2D eigenvalue weighted by Crippen LogP contribution is -2.35. The van der Waals surface area contributed by atoms with Crippen molar-refractivity contribution in [3.63, 3.8) is 0 Å². The Morgan fingerprint density at radius 1 is 1.08 bits per heavy atom. The molecular formula is C19H20Cl2N2O2. The van der Waals surface area contributed by atoms with Crippen molar-refractivity contribution < 1.29 is 9.59 Å². The summed E-state index contributed by atoms with van der Waals surface area (Å²) in [5, 5.41) is 3.36. The zero-order valence-electron chi connectivity index (χ0n) is 14.2. The second-order valence-electron chi connectivity index (χ2n) is 5.88. The van der Waals surface area contributed by atoms with E-state index in [-0.39, 0.29) is 18.4 Å². The van der Waals surface area contributed by atoms with Gasteiger partial charge in [0.2, 0.25) is 11.8 Å². The number of anilines is 1. The summed E-state index contributed by atoms with van der Waals surface area (Å²) in [7, 11) is 1.60. The molecule has 0 saturated heterocycles. The number of para-hydroxylation sites is 1. The van der Waals surface area contributed by atoms with Crippen molar-refractivity contribution in [1.82, 2.24) is 4.90 Å². The highest BCUT2D eigenvalue weighted by molar-refractivity contribution is 6.39. The molecule has 0 atom stereocenters. The number of carbonyl (C=O) groups is 2. The molecule has 0 aliphatic rings. The number of nitrogens with zero attached hydrogens (tertiary/aromatic N) is 1. The molecule has 0 saturated carbocycles. The summed E-state index contributed by atoms with van der Waals surface area (Å²) in [5.41, 5.74) is 2.62. The van der Waals surface area contributed by atoms with Crippen molar-refractivity contribution in [2.24, 2.45) is 0 Å². The number of aryl methyl sites for hydroxylation is 2. The van der Waals surface area contributed by atoms with Gasteiger partial charge in [-0.25, -0.2) is 0 Å². The molecule has 25 heavy (non-hydrogen) atoms. The number of likely N-dealkylation sites (N-methyl/N-ethyl adjacent to an activating group) is 1. The van der Waals surface area contributed by atoms with Crippen LogP contribution in [0.2, 0.25) is 10.0 Å². The molecule has 132 valence electrons. The number of carbonyl (C=O) groups excluding carboxylic acids is 2. The molecule has 2 amide bonds. The minimum Gasteiger partial charge on any atom is -0.336 e. The van der Waals surface area contributed by atoms with Crippen LogP contribution in [0.4, 0.5) is 5.69 Å². The Labute approximate surface area is 157 Å². The van der Waals surface area contributed by atoms with E-state index in [1.165, 1.54) is 4.90 Å². The van der Waals surface area contributed by atoms with Crippen molar-refractivity contribution in [3.05, 3.63) is 63.6 Å². The first-order chi connectivity index (χ1) is 11.9. The maximum atomic E-state index is 12.2. The summed E-state index contributed by atoms with van der Waals surface area (Å²) in [5.74, 6) is -0.441. The van der Waals surface area contributed by atoms with Gasteiger partial charge in [-0.05, 0) is 31.0 Å². The van der Waals surface area contributed by atoms with Gasteiger partial charge in [-0.15, -0.1) is 0 Å². The van der Waals surface area contributed by atoms with Crippen molar-refractivity contribution in [2.45, 2.75) is 19.8 Å². The van der Waals surface area contributed by atoms with Crippen molar-refractivity contribution >= 4 is 40.7 Å². The van der Waals surface area contributed by atoms with Gasteiger partial charge in [0, 0.05) is 13.5 Å². The van der Waals surface area contributed by atoms with Crippen LogP contribution in [-0.2, 0) is 16.0 Å². The van der Waals surface area contributed by atoms with Crippen LogP contribution in [0.3, 0.4) is 0 Å². The van der Waals surface area contributed by atoms with Crippen molar-refractivity contribution in [3.8, 4) is 0 Å². The fraction of sp³-hybridized carbons (Fsp3) is 0.263. The van der Waals surface area contributed by atoms with E-state index < -0.39 is 0 Å². The summed E-state index contributed by atoms with van der Waals surface area (Å²) >= 11 is 12.0. The molecule has 0 fully saturated rings. The number of hydrogen-bond donors (Lipinski definition) is 1. The van der Waals surface area contributed by atoms with Gasteiger partial charge in [0.1, 0.15) is 0 Å². The monoisotopic (exact) mass is 378 g/mol. The summed E-state index contributed by atoms with van der Waals surface area (Å²) < 4.78 is 0. The lowest BCUT2D eigenvalue weighted by atomic mass is 10.1. The maximum Gasteiger partial charge on any atom is 0.244 e. The molecule has 2 aromatic carbocycles. The highest BCUT2D eigenvalue weighted by Crippen LogP contribution is 2.29. The van der Waals surface area contributed by atoms with E-state index in [1.54, 1.807) is 25.2 Å². The SMILES string of the molecule is Cc1cccc(CCC(=O)N(C)CC(=O)Nc2c(Cl)cccc2Cl)c1. The fourth-order valence-corrected chi connectivity index (χ4v) is 2.90. The highest BCUT2D eigenvalue weighted by atomic mass is 35.5. The molecule has 0 bridgehead atoms. The van der Waals surface area contributed by atoms with E-state index in [4.69, 9.17) is 23.2 Å². The molecule has 0 aliphatic heterocycles. The molecule has 6 heteroatoms. The Morgan fingerprint density at radius 2 is 1.72 bits per heavy atom. The van der Waals surface area contributed by atoms with Crippen LogP contribution in [0.25, 0.3) is 0 Å². The van der Waals surface area contributed by atoms with Crippen LogP contribution >= 0.6 is 23.2 Å². The molecule has 0 spiro atoms. The second kappa shape index (κ2) is 8.88. The average Bonchev–Trinajstić information content (AvgIpc) is 2.56. The largest absolute Gasteiger partial charge is 0.336 e. The third kappa shape index (κ3) is 5.76. The van der Waals surface area contributed by atoms with Gasteiger partial charge in [-0.3, -0.25) is 9.59 Å². The van der Waals surface area contributed by atoms with Gasteiger partial charge >= 0.3 is 0 Å².